The molecule has 2 aromatic rings. The lowest BCUT2D eigenvalue weighted by molar-refractivity contribution is -0.130. The summed E-state index contributed by atoms with van der Waals surface area (Å²) >= 11 is 0. The first-order valence-corrected chi connectivity index (χ1v) is 9.85. The molecule has 1 aliphatic carbocycles. The van der Waals surface area contributed by atoms with Gasteiger partial charge in [0.2, 0.25) is 5.91 Å². The number of carbonyl (C=O) groups is 1. The number of carbonyl (C=O) groups excluding carboxylic acids is 1. The number of β-amino-alcohol motifs (C(OH)–C–C–N with tert-alkyl or cyclic N) is 1. The topological polar surface area (TPSA) is 70.0 Å². The summed E-state index contributed by atoms with van der Waals surface area (Å²) in [6.07, 6.45) is 0.377. The summed E-state index contributed by atoms with van der Waals surface area (Å²) in [7, 11) is 1.63. The van der Waals surface area contributed by atoms with Crippen molar-refractivity contribution in [3.05, 3.63) is 65.7 Å². The predicted molar refractivity (Wildman–Crippen MR) is 106 cm³/mol. The Balaban J connectivity index is 1.44. The SMILES string of the molecule is COc1ccccc1CCC(=O)N1C[C@H](O)[C@@]2(C1)[C@H](CO)[C@H]2c1ccccc1. The van der Waals surface area contributed by atoms with Gasteiger partial charge < -0.3 is 19.8 Å². The largest absolute Gasteiger partial charge is 0.496 e. The van der Waals surface area contributed by atoms with E-state index in [1.165, 1.54) is 0 Å². The molecule has 1 heterocycles. The van der Waals surface area contributed by atoms with Crippen LogP contribution >= 0.6 is 0 Å². The molecule has 4 atom stereocenters. The standard InChI is InChI=1S/C23H27NO4/c1-28-19-10-6-5-7-16(19)11-12-21(27)24-13-20(26)23(15-24)18(14-25)22(23)17-8-3-2-4-9-17/h2-10,18,20,22,25-26H,11-15H2,1H3/t18-,20+,22-,23-/m1/s1. The smallest absolute Gasteiger partial charge is 0.223 e. The number of benzene rings is 2. The quantitative estimate of drug-likeness (QED) is 0.805. The Morgan fingerprint density at radius 1 is 1.18 bits per heavy atom. The van der Waals surface area contributed by atoms with Gasteiger partial charge in [-0.15, -0.1) is 0 Å². The second-order valence-electron chi connectivity index (χ2n) is 7.89. The maximum absolute atomic E-state index is 12.8. The van der Waals surface area contributed by atoms with Gasteiger partial charge in [0.15, 0.2) is 0 Å². The third-order valence-corrected chi connectivity index (χ3v) is 6.55. The van der Waals surface area contributed by atoms with Crippen molar-refractivity contribution in [2.24, 2.45) is 11.3 Å². The van der Waals surface area contributed by atoms with Gasteiger partial charge >= 0.3 is 0 Å². The molecule has 0 radical (unpaired) electrons. The lowest BCUT2D eigenvalue weighted by atomic mass is 9.95. The molecule has 148 valence electrons. The molecule has 2 N–H and O–H groups in total. The lowest BCUT2D eigenvalue weighted by Crippen LogP contribution is -2.30. The number of ether oxygens (including phenoxy) is 1. The summed E-state index contributed by atoms with van der Waals surface area (Å²) in [6.45, 7) is 0.869. The lowest BCUT2D eigenvalue weighted by Gasteiger charge is -2.17. The van der Waals surface area contributed by atoms with Crippen molar-refractivity contribution in [2.45, 2.75) is 24.9 Å². The average molecular weight is 381 g/mol. The van der Waals surface area contributed by atoms with Crippen LogP contribution in [-0.4, -0.2) is 53.9 Å². The maximum Gasteiger partial charge on any atom is 0.223 e. The number of hydrogen-bond donors (Lipinski definition) is 2. The van der Waals surface area contributed by atoms with Crippen LogP contribution in [-0.2, 0) is 11.2 Å². The molecule has 1 amide bonds. The van der Waals surface area contributed by atoms with Crippen LogP contribution in [0.15, 0.2) is 54.6 Å². The van der Waals surface area contributed by atoms with Crippen molar-refractivity contribution in [2.75, 3.05) is 26.8 Å². The summed E-state index contributed by atoms with van der Waals surface area (Å²) in [5.74, 6) is 0.926. The normalized spacial score (nSPS) is 28.5. The number of aryl methyl sites for hydroxylation is 1. The van der Waals surface area contributed by atoms with Crippen LogP contribution in [0, 0.1) is 11.3 Å². The molecule has 2 aromatic carbocycles. The monoisotopic (exact) mass is 381 g/mol. The van der Waals surface area contributed by atoms with Crippen LogP contribution < -0.4 is 4.74 Å². The van der Waals surface area contributed by atoms with Gasteiger partial charge in [-0.3, -0.25) is 4.79 Å². The second-order valence-corrected chi connectivity index (χ2v) is 7.89. The number of aliphatic hydroxyl groups excluding tert-OH is 2. The van der Waals surface area contributed by atoms with E-state index in [1.807, 2.05) is 54.6 Å². The van der Waals surface area contributed by atoms with E-state index in [-0.39, 0.29) is 24.3 Å². The number of amides is 1. The van der Waals surface area contributed by atoms with E-state index in [2.05, 4.69) is 0 Å². The van der Waals surface area contributed by atoms with Crippen LogP contribution in [0.2, 0.25) is 0 Å². The van der Waals surface area contributed by atoms with Crippen molar-refractivity contribution >= 4 is 5.91 Å². The molecule has 5 nitrogen and oxygen atoms in total. The van der Waals surface area contributed by atoms with Crippen molar-refractivity contribution in [3.8, 4) is 5.75 Å². The highest BCUT2D eigenvalue weighted by Crippen LogP contribution is 2.68. The molecule has 28 heavy (non-hydrogen) atoms. The summed E-state index contributed by atoms with van der Waals surface area (Å²) in [5, 5.41) is 20.7. The molecule has 5 heteroatoms. The molecule has 4 rings (SSSR count). The number of hydrogen-bond acceptors (Lipinski definition) is 4. The van der Waals surface area contributed by atoms with E-state index in [0.717, 1.165) is 16.9 Å². The third kappa shape index (κ3) is 3.09. The highest BCUT2D eigenvalue weighted by molar-refractivity contribution is 5.77. The van der Waals surface area contributed by atoms with E-state index < -0.39 is 11.5 Å². The fourth-order valence-electron chi connectivity index (χ4n) is 5.07. The molecule has 0 bridgehead atoms. The molecule has 1 saturated carbocycles. The molecule has 1 saturated heterocycles. The van der Waals surface area contributed by atoms with Crippen molar-refractivity contribution < 1.29 is 19.7 Å². The summed E-state index contributed by atoms with van der Waals surface area (Å²) in [6, 6.07) is 17.7. The van der Waals surface area contributed by atoms with Crippen LogP contribution in [0.5, 0.6) is 5.75 Å². The van der Waals surface area contributed by atoms with E-state index in [1.54, 1.807) is 12.0 Å². The summed E-state index contributed by atoms with van der Waals surface area (Å²) in [4.78, 5) is 14.6. The average Bonchev–Trinajstić information content (AvgIpc) is 3.27. The van der Waals surface area contributed by atoms with Crippen LogP contribution in [0.25, 0.3) is 0 Å². The Morgan fingerprint density at radius 3 is 2.61 bits per heavy atom. The van der Waals surface area contributed by atoms with Crippen LogP contribution in [0.4, 0.5) is 0 Å². The molecular formula is C23H27NO4. The van der Waals surface area contributed by atoms with Gasteiger partial charge in [0.25, 0.3) is 0 Å². The highest BCUT2D eigenvalue weighted by Gasteiger charge is 2.71. The van der Waals surface area contributed by atoms with E-state index in [4.69, 9.17) is 4.74 Å². The van der Waals surface area contributed by atoms with Gasteiger partial charge in [0.1, 0.15) is 5.75 Å². The summed E-state index contributed by atoms with van der Waals surface area (Å²) in [5.41, 5.74) is 1.72. The highest BCUT2D eigenvalue weighted by atomic mass is 16.5. The van der Waals surface area contributed by atoms with E-state index in [9.17, 15) is 15.0 Å². The molecule has 2 aliphatic rings. The number of aliphatic hydroxyl groups is 2. The fraction of sp³-hybridized carbons (Fsp3) is 0.435. The molecule has 1 spiro atoms. The Hall–Kier alpha value is -2.37. The minimum absolute atomic E-state index is 0.00285. The molecule has 1 aliphatic heterocycles. The van der Waals surface area contributed by atoms with Crippen molar-refractivity contribution in [1.82, 2.24) is 4.90 Å². The predicted octanol–water partition coefficient (Wildman–Crippen LogP) is 2.22. The van der Waals surface area contributed by atoms with E-state index >= 15 is 0 Å². The number of likely N-dealkylation sites (tertiary alicyclic amines) is 1. The van der Waals surface area contributed by atoms with Crippen molar-refractivity contribution in [3.63, 3.8) is 0 Å². The van der Waals surface area contributed by atoms with Crippen LogP contribution in [0.1, 0.15) is 23.5 Å². The van der Waals surface area contributed by atoms with Gasteiger partial charge in [0.05, 0.1) is 13.2 Å². The number of rotatable bonds is 6. The zero-order valence-corrected chi connectivity index (χ0v) is 16.1. The van der Waals surface area contributed by atoms with Gasteiger partial charge in [-0.2, -0.15) is 0 Å². The number of methoxy groups -OCH3 is 1. The summed E-state index contributed by atoms with van der Waals surface area (Å²) < 4.78 is 5.36. The molecule has 0 aromatic heterocycles. The van der Waals surface area contributed by atoms with E-state index in [0.29, 0.717) is 25.9 Å². The Morgan fingerprint density at radius 2 is 1.89 bits per heavy atom. The third-order valence-electron chi connectivity index (χ3n) is 6.55. The minimum Gasteiger partial charge on any atom is -0.496 e. The van der Waals surface area contributed by atoms with Gasteiger partial charge in [0, 0.05) is 31.5 Å². The van der Waals surface area contributed by atoms with Gasteiger partial charge in [-0.1, -0.05) is 48.5 Å². The zero-order chi connectivity index (χ0) is 19.7. The van der Waals surface area contributed by atoms with Gasteiger partial charge in [-0.25, -0.2) is 0 Å². The molecule has 2 fully saturated rings. The molecular weight excluding hydrogens is 354 g/mol. The van der Waals surface area contributed by atoms with Crippen molar-refractivity contribution in [1.29, 1.82) is 0 Å². The fourth-order valence-corrected chi connectivity index (χ4v) is 5.07. The Kier molecular flexibility index (Phi) is 5.13. The van der Waals surface area contributed by atoms with Gasteiger partial charge in [-0.05, 0) is 35.4 Å². The first-order chi connectivity index (χ1) is 13.6. The zero-order valence-electron chi connectivity index (χ0n) is 16.1. The maximum atomic E-state index is 12.8. The first kappa shape index (κ1) is 19.0. The van der Waals surface area contributed by atoms with Crippen LogP contribution in [0.3, 0.4) is 0 Å². The Bertz CT molecular complexity index is 840. The first-order valence-electron chi connectivity index (χ1n) is 9.85. The minimum atomic E-state index is -0.606. The molecule has 0 unspecified atom stereocenters. The number of nitrogens with zero attached hydrogens (tertiary/aromatic N) is 1. The Labute approximate surface area is 165 Å². The number of para-hydroxylation sites is 1. The second kappa shape index (κ2) is 7.57.